The van der Waals surface area contributed by atoms with Crippen LogP contribution in [-0.4, -0.2) is 10.9 Å². The van der Waals surface area contributed by atoms with Gasteiger partial charge in [-0.15, -0.1) is 22.7 Å². The van der Waals surface area contributed by atoms with Crippen LogP contribution in [0.5, 0.6) is 0 Å². The van der Waals surface area contributed by atoms with Gasteiger partial charge in [-0.05, 0) is 51.2 Å². The summed E-state index contributed by atoms with van der Waals surface area (Å²) in [6.07, 6.45) is 4.62. The lowest BCUT2D eigenvalue weighted by Crippen LogP contribution is -2.09. The van der Waals surface area contributed by atoms with Crippen molar-refractivity contribution in [1.29, 1.82) is 0 Å². The van der Waals surface area contributed by atoms with Gasteiger partial charge in [-0.25, -0.2) is 4.98 Å². The van der Waals surface area contributed by atoms with Crippen LogP contribution in [0.2, 0.25) is 0 Å². The topological polar surface area (TPSA) is 42.0 Å². The van der Waals surface area contributed by atoms with Crippen LogP contribution in [-0.2, 0) is 12.8 Å². The molecule has 0 saturated heterocycles. The zero-order valence-electron chi connectivity index (χ0n) is 11.1. The van der Waals surface area contributed by atoms with E-state index in [1.807, 2.05) is 19.9 Å². The Hall–Kier alpha value is -1.20. The standard InChI is InChI=1S/C14H16N2OS2/c1-8-7-12(18-9(8)2)13(17)16-14-15-10-5-3-4-6-11(10)19-14/h7H,3-6H2,1-2H3,(H,15,16,17). The number of thiazole rings is 1. The van der Waals surface area contributed by atoms with E-state index in [4.69, 9.17) is 0 Å². The van der Waals surface area contributed by atoms with Gasteiger partial charge in [0.2, 0.25) is 0 Å². The molecule has 2 aromatic heterocycles. The second-order valence-electron chi connectivity index (χ2n) is 4.90. The third-order valence-corrected chi connectivity index (χ3v) is 5.68. The van der Waals surface area contributed by atoms with Gasteiger partial charge in [0.15, 0.2) is 5.13 Å². The summed E-state index contributed by atoms with van der Waals surface area (Å²) in [6, 6.07) is 1.95. The number of nitrogens with one attached hydrogen (secondary N) is 1. The van der Waals surface area contributed by atoms with Crippen molar-refractivity contribution in [2.75, 3.05) is 5.32 Å². The second kappa shape index (κ2) is 5.06. The first-order valence-electron chi connectivity index (χ1n) is 6.50. The molecule has 3 rings (SSSR count). The fourth-order valence-corrected chi connectivity index (χ4v) is 4.22. The Kier molecular flexibility index (Phi) is 3.41. The van der Waals surface area contributed by atoms with Crippen molar-refractivity contribution in [1.82, 2.24) is 4.98 Å². The average molecular weight is 292 g/mol. The largest absolute Gasteiger partial charge is 0.297 e. The molecule has 3 nitrogen and oxygen atoms in total. The van der Waals surface area contributed by atoms with Crippen LogP contribution in [0, 0.1) is 13.8 Å². The predicted molar refractivity (Wildman–Crippen MR) is 80.5 cm³/mol. The van der Waals surface area contributed by atoms with Crippen molar-refractivity contribution >= 4 is 33.7 Å². The van der Waals surface area contributed by atoms with Crippen molar-refractivity contribution in [2.45, 2.75) is 39.5 Å². The zero-order chi connectivity index (χ0) is 13.4. The highest BCUT2D eigenvalue weighted by atomic mass is 32.1. The number of aryl methyl sites for hydroxylation is 4. The van der Waals surface area contributed by atoms with Crippen molar-refractivity contribution in [3.8, 4) is 0 Å². The first-order chi connectivity index (χ1) is 9.13. The normalized spacial score (nSPS) is 14.2. The van der Waals surface area contributed by atoms with Crippen LogP contribution in [0.15, 0.2) is 6.07 Å². The van der Waals surface area contributed by atoms with E-state index < -0.39 is 0 Å². The average Bonchev–Trinajstić information content (AvgIpc) is 2.93. The van der Waals surface area contributed by atoms with Crippen LogP contribution < -0.4 is 5.32 Å². The van der Waals surface area contributed by atoms with Crippen molar-refractivity contribution < 1.29 is 4.79 Å². The molecule has 0 aromatic carbocycles. The van der Waals surface area contributed by atoms with E-state index >= 15 is 0 Å². The maximum atomic E-state index is 12.2. The summed E-state index contributed by atoms with van der Waals surface area (Å²) in [5, 5.41) is 3.69. The molecule has 1 amide bonds. The number of carbonyl (C=O) groups excluding carboxylic acids is 1. The maximum Gasteiger partial charge on any atom is 0.267 e. The van der Waals surface area contributed by atoms with Crippen LogP contribution >= 0.6 is 22.7 Å². The Morgan fingerprint density at radius 1 is 1.26 bits per heavy atom. The minimum absolute atomic E-state index is 0.0349. The summed E-state index contributed by atoms with van der Waals surface area (Å²) in [7, 11) is 0. The summed E-state index contributed by atoms with van der Waals surface area (Å²) >= 11 is 3.17. The minimum Gasteiger partial charge on any atom is -0.297 e. The Bertz CT molecular complexity index is 584. The van der Waals surface area contributed by atoms with E-state index in [1.54, 1.807) is 22.7 Å². The van der Waals surface area contributed by atoms with Gasteiger partial charge < -0.3 is 0 Å². The van der Waals surface area contributed by atoms with Gasteiger partial charge in [0, 0.05) is 9.75 Å². The fourth-order valence-electron chi connectivity index (χ4n) is 2.25. The number of thiophene rings is 1. The van der Waals surface area contributed by atoms with Crippen molar-refractivity contribution in [3.63, 3.8) is 0 Å². The molecule has 1 aliphatic carbocycles. The van der Waals surface area contributed by atoms with Gasteiger partial charge in [0.05, 0.1) is 10.6 Å². The molecule has 0 bridgehead atoms. The quantitative estimate of drug-likeness (QED) is 0.910. The molecule has 0 atom stereocenters. The number of hydrogen-bond donors (Lipinski definition) is 1. The molecule has 0 saturated carbocycles. The van der Waals surface area contributed by atoms with Crippen molar-refractivity contribution in [2.24, 2.45) is 0 Å². The Balaban J connectivity index is 1.77. The molecule has 0 spiro atoms. The Morgan fingerprint density at radius 3 is 2.74 bits per heavy atom. The van der Waals surface area contributed by atoms with Crippen molar-refractivity contribution in [3.05, 3.63) is 32.0 Å². The molecule has 0 aliphatic heterocycles. The molecule has 0 unspecified atom stereocenters. The lowest BCUT2D eigenvalue weighted by atomic mass is 10.0. The van der Waals surface area contributed by atoms with E-state index in [0.29, 0.717) is 0 Å². The summed E-state index contributed by atoms with van der Waals surface area (Å²) in [4.78, 5) is 20.0. The van der Waals surface area contributed by atoms with Gasteiger partial charge in [-0.1, -0.05) is 0 Å². The molecule has 1 N–H and O–H groups in total. The van der Waals surface area contributed by atoms with E-state index in [0.717, 1.165) is 22.9 Å². The second-order valence-corrected chi connectivity index (χ2v) is 7.24. The summed E-state index contributed by atoms with van der Waals surface area (Å²) < 4.78 is 0. The maximum absolute atomic E-state index is 12.2. The fraction of sp³-hybridized carbons (Fsp3) is 0.429. The highest BCUT2D eigenvalue weighted by molar-refractivity contribution is 7.16. The van der Waals surface area contributed by atoms with Crippen LogP contribution in [0.4, 0.5) is 5.13 Å². The number of rotatable bonds is 2. The molecule has 1 aliphatic rings. The van der Waals surface area contributed by atoms with Crippen LogP contribution in [0.3, 0.4) is 0 Å². The predicted octanol–water partition coefficient (Wildman–Crippen LogP) is 3.95. The van der Waals surface area contributed by atoms with Gasteiger partial charge in [-0.3, -0.25) is 10.1 Å². The Labute approximate surface area is 120 Å². The van der Waals surface area contributed by atoms with E-state index in [2.05, 4.69) is 10.3 Å². The van der Waals surface area contributed by atoms with Gasteiger partial charge in [0.1, 0.15) is 0 Å². The smallest absolute Gasteiger partial charge is 0.267 e. The molecule has 0 radical (unpaired) electrons. The van der Waals surface area contributed by atoms with Crippen LogP contribution in [0.1, 0.15) is 43.5 Å². The molecular formula is C14H16N2OS2. The first-order valence-corrected chi connectivity index (χ1v) is 8.14. The number of amides is 1. The first kappa shape index (κ1) is 12.8. The third kappa shape index (κ3) is 2.58. The molecule has 5 heteroatoms. The van der Waals surface area contributed by atoms with Gasteiger partial charge >= 0.3 is 0 Å². The molecule has 2 heterocycles. The number of aromatic nitrogens is 1. The number of carbonyl (C=O) groups is 1. The highest BCUT2D eigenvalue weighted by Crippen LogP contribution is 2.30. The zero-order valence-corrected chi connectivity index (χ0v) is 12.7. The molecular weight excluding hydrogens is 276 g/mol. The summed E-state index contributed by atoms with van der Waals surface area (Å²) in [5.41, 5.74) is 2.36. The summed E-state index contributed by atoms with van der Waals surface area (Å²) in [6.45, 7) is 4.07. The monoisotopic (exact) mass is 292 g/mol. The number of hydrogen-bond acceptors (Lipinski definition) is 4. The minimum atomic E-state index is -0.0349. The number of anilines is 1. The van der Waals surface area contributed by atoms with E-state index in [-0.39, 0.29) is 5.91 Å². The van der Waals surface area contributed by atoms with E-state index in [1.165, 1.54) is 33.9 Å². The molecule has 100 valence electrons. The van der Waals surface area contributed by atoms with Gasteiger partial charge in [-0.2, -0.15) is 0 Å². The van der Waals surface area contributed by atoms with E-state index in [9.17, 15) is 4.79 Å². The van der Waals surface area contributed by atoms with Crippen LogP contribution in [0.25, 0.3) is 0 Å². The third-order valence-electron chi connectivity index (χ3n) is 3.46. The number of fused-ring (bicyclic) bond motifs is 1. The molecule has 19 heavy (non-hydrogen) atoms. The molecule has 2 aromatic rings. The Morgan fingerprint density at radius 2 is 2.05 bits per heavy atom. The van der Waals surface area contributed by atoms with Gasteiger partial charge in [0.25, 0.3) is 5.91 Å². The molecule has 0 fully saturated rings. The summed E-state index contributed by atoms with van der Waals surface area (Å²) in [5.74, 6) is -0.0349. The number of nitrogens with zero attached hydrogens (tertiary/aromatic N) is 1. The highest BCUT2D eigenvalue weighted by Gasteiger charge is 2.17. The lowest BCUT2D eigenvalue weighted by molar-refractivity contribution is 0.103. The lowest BCUT2D eigenvalue weighted by Gasteiger charge is -2.06. The SMILES string of the molecule is Cc1cc(C(=O)Nc2nc3c(s2)CCCC3)sc1C.